The molecular formula is C15H23NO2. The number of benzene rings is 1. The quantitative estimate of drug-likeness (QED) is 0.861. The summed E-state index contributed by atoms with van der Waals surface area (Å²) in [7, 11) is 1.57. The SMILES string of the molecule is COc1ccc(CNC2CCCCC2C)cc1O. The maximum absolute atomic E-state index is 9.73. The summed E-state index contributed by atoms with van der Waals surface area (Å²) in [4.78, 5) is 0. The van der Waals surface area contributed by atoms with Gasteiger partial charge in [-0.2, -0.15) is 0 Å². The highest BCUT2D eigenvalue weighted by Crippen LogP contribution is 2.27. The highest BCUT2D eigenvalue weighted by molar-refractivity contribution is 5.41. The van der Waals surface area contributed by atoms with Crippen LogP contribution in [0.2, 0.25) is 0 Å². The second-order valence-corrected chi connectivity index (χ2v) is 5.26. The van der Waals surface area contributed by atoms with E-state index in [1.165, 1.54) is 25.7 Å². The van der Waals surface area contributed by atoms with E-state index in [0.29, 0.717) is 11.8 Å². The number of hydrogen-bond donors (Lipinski definition) is 2. The van der Waals surface area contributed by atoms with Crippen LogP contribution in [-0.4, -0.2) is 18.3 Å². The number of phenols is 1. The van der Waals surface area contributed by atoms with Crippen LogP contribution in [-0.2, 0) is 6.54 Å². The van der Waals surface area contributed by atoms with Crippen molar-refractivity contribution in [3.8, 4) is 11.5 Å². The van der Waals surface area contributed by atoms with Crippen LogP contribution in [0.15, 0.2) is 18.2 Å². The lowest BCUT2D eigenvalue weighted by Gasteiger charge is -2.29. The minimum atomic E-state index is 0.216. The van der Waals surface area contributed by atoms with Crippen LogP contribution in [0, 0.1) is 5.92 Å². The van der Waals surface area contributed by atoms with Crippen LogP contribution in [0.1, 0.15) is 38.2 Å². The monoisotopic (exact) mass is 249 g/mol. The Morgan fingerprint density at radius 3 is 2.78 bits per heavy atom. The predicted molar refractivity (Wildman–Crippen MR) is 72.9 cm³/mol. The Kier molecular flexibility index (Phi) is 4.48. The first-order valence-corrected chi connectivity index (χ1v) is 6.80. The fourth-order valence-electron chi connectivity index (χ4n) is 2.71. The van der Waals surface area contributed by atoms with Crippen molar-refractivity contribution in [3.63, 3.8) is 0 Å². The molecule has 0 radical (unpaired) electrons. The van der Waals surface area contributed by atoms with Crippen LogP contribution in [0.3, 0.4) is 0 Å². The van der Waals surface area contributed by atoms with Crippen molar-refractivity contribution >= 4 is 0 Å². The molecule has 0 spiro atoms. The molecule has 2 N–H and O–H groups in total. The molecular weight excluding hydrogens is 226 g/mol. The van der Waals surface area contributed by atoms with Gasteiger partial charge in [-0.15, -0.1) is 0 Å². The first-order chi connectivity index (χ1) is 8.70. The van der Waals surface area contributed by atoms with E-state index >= 15 is 0 Å². The van der Waals surface area contributed by atoms with E-state index in [-0.39, 0.29) is 5.75 Å². The highest BCUT2D eigenvalue weighted by atomic mass is 16.5. The number of ether oxygens (including phenoxy) is 1. The zero-order chi connectivity index (χ0) is 13.0. The van der Waals surface area contributed by atoms with Crippen LogP contribution in [0.5, 0.6) is 11.5 Å². The lowest BCUT2D eigenvalue weighted by Crippen LogP contribution is -2.36. The summed E-state index contributed by atoms with van der Waals surface area (Å²) in [6.45, 7) is 3.13. The van der Waals surface area contributed by atoms with E-state index in [2.05, 4.69) is 12.2 Å². The molecule has 0 aliphatic heterocycles. The Hall–Kier alpha value is -1.22. The first-order valence-electron chi connectivity index (χ1n) is 6.80. The van der Waals surface area contributed by atoms with Crippen molar-refractivity contribution in [1.29, 1.82) is 0 Å². The van der Waals surface area contributed by atoms with Gasteiger partial charge in [0.2, 0.25) is 0 Å². The van der Waals surface area contributed by atoms with E-state index in [1.54, 1.807) is 13.2 Å². The van der Waals surface area contributed by atoms with Crippen LogP contribution < -0.4 is 10.1 Å². The summed E-state index contributed by atoms with van der Waals surface area (Å²) in [5, 5.41) is 13.3. The molecule has 0 aromatic heterocycles. The van der Waals surface area contributed by atoms with Gasteiger partial charge in [-0.25, -0.2) is 0 Å². The maximum Gasteiger partial charge on any atom is 0.160 e. The lowest BCUT2D eigenvalue weighted by molar-refractivity contribution is 0.279. The third-order valence-corrected chi connectivity index (χ3v) is 3.92. The van der Waals surface area contributed by atoms with E-state index in [9.17, 15) is 5.11 Å². The molecule has 1 aromatic rings. The second kappa shape index (κ2) is 6.10. The van der Waals surface area contributed by atoms with E-state index in [0.717, 1.165) is 18.0 Å². The molecule has 1 saturated carbocycles. The van der Waals surface area contributed by atoms with E-state index < -0.39 is 0 Å². The summed E-state index contributed by atoms with van der Waals surface area (Å²) < 4.78 is 5.04. The van der Waals surface area contributed by atoms with Crippen molar-refractivity contribution in [2.24, 2.45) is 5.92 Å². The molecule has 0 bridgehead atoms. The molecule has 1 aliphatic rings. The Bertz CT molecular complexity index is 392. The molecule has 3 heteroatoms. The number of rotatable bonds is 4. The van der Waals surface area contributed by atoms with Gasteiger partial charge < -0.3 is 15.2 Å². The normalized spacial score (nSPS) is 23.9. The maximum atomic E-state index is 9.73. The third kappa shape index (κ3) is 3.16. The molecule has 100 valence electrons. The average Bonchev–Trinajstić information content (AvgIpc) is 2.38. The van der Waals surface area contributed by atoms with Gasteiger partial charge in [0.15, 0.2) is 11.5 Å². The first kappa shape index (κ1) is 13.2. The number of hydrogen-bond acceptors (Lipinski definition) is 3. The van der Waals surface area contributed by atoms with Crippen molar-refractivity contribution in [2.45, 2.75) is 45.2 Å². The summed E-state index contributed by atoms with van der Waals surface area (Å²) in [6, 6.07) is 6.21. The van der Waals surface area contributed by atoms with Crippen molar-refractivity contribution in [3.05, 3.63) is 23.8 Å². The predicted octanol–water partition coefficient (Wildman–Crippen LogP) is 3.07. The molecule has 0 amide bonds. The third-order valence-electron chi connectivity index (χ3n) is 3.92. The molecule has 3 nitrogen and oxygen atoms in total. The number of phenolic OH excluding ortho intramolecular Hbond substituents is 1. The molecule has 0 heterocycles. The van der Waals surface area contributed by atoms with Crippen molar-refractivity contribution < 1.29 is 9.84 Å². The Morgan fingerprint density at radius 1 is 1.33 bits per heavy atom. The number of methoxy groups -OCH3 is 1. The zero-order valence-electron chi connectivity index (χ0n) is 11.3. The zero-order valence-corrected chi connectivity index (χ0v) is 11.3. The van der Waals surface area contributed by atoms with Crippen LogP contribution in [0.25, 0.3) is 0 Å². The standard InChI is InChI=1S/C15H23NO2/c1-11-5-3-4-6-13(11)16-10-12-7-8-15(18-2)14(17)9-12/h7-9,11,13,16-17H,3-6,10H2,1-2H3. The van der Waals surface area contributed by atoms with Crippen molar-refractivity contribution in [2.75, 3.05) is 7.11 Å². The fraction of sp³-hybridized carbons (Fsp3) is 0.600. The minimum absolute atomic E-state index is 0.216. The number of nitrogens with one attached hydrogen (secondary N) is 1. The Balaban J connectivity index is 1.91. The molecule has 18 heavy (non-hydrogen) atoms. The summed E-state index contributed by atoms with van der Waals surface area (Å²) in [6.07, 6.45) is 5.29. The van der Waals surface area contributed by atoms with Gasteiger partial charge in [0.05, 0.1) is 7.11 Å². The second-order valence-electron chi connectivity index (χ2n) is 5.26. The Labute approximate surface area is 109 Å². The van der Waals surface area contributed by atoms with E-state index in [1.807, 2.05) is 12.1 Å². The Morgan fingerprint density at radius 2 is 2.11 bits per heavy atom. The topological polar surface area (TPSA) is 41.5 Å². The van der Waals surface area contributed by atoms with Crippen LogP contribution >= 0.6 is 0 Å². The molecule has 2 atom stereocenters. The molecule has 2 unspecified atom stereocenters. The molecule has 0 saturated heterocycles. The number of aromatic hydroxyl groups is 1. The molecule has 1 aromatic carbocycles. The van der Waals surface area contributed by atoms with Gasteiger partial charge in [0.25, 0.3) is 0 Å². The molecule has 1 fully saturated rings. The van der Waals surface area contributed by atoms with E-state index in [4.69, 9.17) is 4.74 Å². The average molecular weight is 249 g/mol. The van der Waals surface area contributed by atoms with Gasteiger partial charge in [-0.1, -0.05) is 25.8 Å². The molecule has 2 rings (SSSR count). The smallest absolute Gasteiger partial charge is 0.160 e. The van der Waals surface area contributed by atoms with Crippen LogP contribution in [0.4, 0.5) is 0 Å². The van der Waals surface area contributed by atoms with Gasteiger partial charge in [-0.05, 0) is 36.5 Å². The van der Waals surface area contributed by atoms with Gasteiger partial charge in [-0.3, -0.25) is 0 Å². The minimum Gasteiger partial charge on any atom is -0.504 e. The molecule has 1 aliphatic carbocycles. The largest absolute Gasteiger partial charge is 0.504 e. The van der Waals surface area contributed by atoms with Crippen molar-refractivity contribution in [1.82, 2.24) is 5.32 Å². The highest BCUT2D eigenvalue weighted by Gasteiger charge is 2.20. The summed E-state index contributed by atoms with van der Waals surface area (Å²) >= 11 is 0. The fourth-order valence-corrected chi connectivity index (χ4v) is 2.71. The lowest BCUT2D eigenvalue weighted by atomic mass is 9.86. The van der Waals surface area contributed by atoms with Gasteiger partial charge in [0.1, 0.15) is 0 Å². The summed E-state index contributed by atoms with van der Waals surface area (Å²) in [5.74, 6) is 1.50. The van der Waals surface area contributed by atoms with Gasteiger partial charge in [0, 0.05) is 12.6 Å². The van der Waals surface area contributed by atoms with Gasteiger partial charge >= 0.3 is 0 Å². The summed E-state index contributed by atoms with van der Waals surface area (Å²) in [5.41, 5.74) is 1.10.